The second-order valence-corrected chi connectivity index (χ2v) is 6.57. The number of hydrogen-bond donors (Lipinski definition) is 0. The first-order valence-electron chi connectivity index (χ1n) is 9.32. The van der Waals surface area contributed by atoms with Crippen LogP contribution in [0.15, 0.2) is 42.5 Å². The van der Waals surface area contributed by atoms with E-state index in [1.54, 1.807) is 31.2 Å². The number of amides is 2. The molecule has 0 N–H and O–H groups in total. The van der Waals surface area contributed by atoms with Crippen molar-refractivity contribution in [1.29, 1.82) is 0 Å². The summed E-state index contributed by atoms with van der Waals surface area (Å²) in [6, 6.07) is 10.7. The standard InChI is InChI=1S/C22H21NO5/c1-3-5-12-23-20(25)17-11-8-15(13-18(17)21(23)26)22(27)28-16-9-6-14(7-10-16)19(24)4-2/h6-11,13H,3-5,12H2,1-2H3. The predicted molar refractivity (Wildman–Crippen MR) is 103 cm³/mol. The van der Waals surface area contributed by atoms with Crippen molar-refractivity contribution in [2.45, 2.75) is 33.1 Å². The van der Waals surface area contributed by atoms with Crippen LogP contribution in [-0.4, -0.2) is 35.0 Å². The second kappa shape index (κ2) is 8.17. The van der Waals surface area contributed by atoms with Crippen LogP contribution in [0.4, 0.5) is 0 Å². The molecule has 0 unspecified atom stereocenters. The number of imide groups is 1. The topological polar surface area (TPSA) is 80.8 Å². The van der Waals surface area contributed by atoms with Crippen LogP contribution >= 0.6 is 0 Å². The third-order valence-electron chi connectivity index (χ3n) is 4.65. The van der Waals surface area contributed by atoms with Crippen molar-refractivity contribution in [3.8, 4) is 5.75 Å². The lowest BCUT2D eigenvalue weighted by molar-refractivity contribution is 0.0651. The zero-order chi connectivity index (χ0) is 20.3. The summed E-state index contributed by atoms with van der Waals surface area (Å²) in [7, 11) is 0. The van der Waals surface area contributed by atoms with E-state index in [-0.39, 0.29) is 28.7 Å². The van der Waals surface area contributed by atoms with Gasteiger partial charge in [-0.25, -0.2) is 4.79 Å². The molecule has 1 heterocycles. The number of unbranched alkanes of at least 4 members (excludes halogenated alkanes) is 1. The van der Waals surface area contributed by atoms with Crippen LogP contribution in [0.25, 0.3) is 0 Å². The lowest BCUT2D eigenvalue weighted by atomic mass is 10.1. The Balaban J connectivity index is 1.76. The maximum absolute atomic E-state index is 12.5. The van der Waals surface area contributed by atoms with E-state index in [2.05, 4.69) is 0 Å². The number of fused-ring (bicyclic) bond motifs is 1. The summed E-state index contributed by atoms with van der Waals surface area (Å²) in [6.07, 6.45) is 2.00. The molecule has 6 heteroatoms. The summed E-state index contributed by atoms with van der Waals surface area (Å²) in [5.41, 5.74) is 1.27. The minimum absolute atomic E-state index is 0.00676. The van der Waals surface area contributed by atoms with Crippen molar-refractivity contribution in [2.75, 3.05) is 6.54 Å². The van der Waals surface area contributed by atoms with Gasteiger partial charge in [-0.05, 0) is 48.9 Å². The van der Waals surface area contributed by atoms with E-state index >= 15 is 0 Å². The van der Waals surface area contributed by atoms with Crippen molar-refractivity contribution >= 4 is 23.6 Å². The highest BCUT2D eigenvalue weighted by Gasteiger charge is 2.35. The van der Waals surface area contributed by atoms with Crippen LogP contribution in [0.1, 0.15) is 74.5 Å². The molecule has 2 aromatic carbocycles. The molecule has 3 rings (SSSR count). The third kappa shape index (κ3) is 3.71. The average Bonchev–Trinajstić information content (AvgIpc) is 2.96. The minimum Gasteiger partial charge on any atom is -0.423 e. The number of carbonyl (C=O) groups is 4. The molecular weight excluding hydrogens is 358 g/mol. The smallest absolute Gasteiger partial charge is 0.343 e. The highest BCUT2D eigenvalue weighted by molar-refractivity contribution is 6.22. The molecule has 1 aliphatic rings. The quantitative estimate of drug-likeness (QED) is 0.315. The summed E-state index contributed by atoms with van der Waals surface area (Å²) in [5, 5.41) is 0. The van der Waals surface area contributed by atoms with Crippen LogP contribution in [0.2, 0.25) is 0 Å². The number of esters is 1. The summed E-state index contributed by atoms with van der Waals surface area (Å²) < 4.78 is 5.32. The molecule has 144 valence electrons. The van der Waals surface area contributed by atoms with E-state index in [1.807, 2.05) is 6.92 Å². The normalized spacial score (nSPS) is 12.9. The molecule has 28 heavy (non-hydrogen) atoms. The number of carbonyl (C=O) groups excluding carboxylic acids is 4. The van der Waals surface area contributed by atoms with Crippen LogP contribution in [-0.2, 0) is 0 Å². The Hall–Kier alpha value is -3.28. The van der Waals surface area contributed by atoms with Gasteiger partial charge in [0.1, 0.15) is 5.75 Å². The first-order chi connectivity index (χ1) is 13.5. The SMILES string of the molecule is CCCCN1C(=O)c2ccc(C(=O)Oc3ccc(C(=O)CC)cc3)cc2C1=O. The van der Waals surface area contributed by atoms with Crippen molar-refractivity contribution in [3.63, 3.8) is 0 Å². The predicted octanol–water partition coefficient (Wildman–Crippen LogP) is 3.89. The highest BCUT2D eigenvalue weighted by Crippen LogP contribution is 2.25. The maximum Gasteiger partial charge on any atom is 0.343 e. The van der Waals surface area contributed by atoms with Gasteiger partial charge >= 0.3 is 5.97 Å². The monoisotopic (exact) mass is 379 g/mol. The molecule has 0 aliphatic carbocycles. The molecular formula is C22H21NO5. The fourth-order valence-electron chi connectivity index (χ4n) is 3.02. The Morgan fingerprint density at radius 1 is 0.893 bits per heavy atom. The zero-order valence-corrected chi connectivity index (χ0v) is 15.9. The first-order valence-corrected chi connectivity index (χ1v) is 9.32. The van der Waals surface area contributed by atoms with Gasteiger partial charge in [-0.2, -0.15) is 0 Å². The van der Waals surface area contributed by atoms with Crippen LogP contribution < -0.4 is 4.74 Å². The molecule has 0 aromatic heterocycles. The number of benzene rings is 2. The number of hydrogen-bond acceptors (Lipinski definition) is 5. The van der Waals surface area contributed by atoms with Crippen molar-refractivity contribution in [2.24, 2.45) is 0 Å². The molecule has 0 saturated heterocycles. The van der Waals surface area contributed by atoms with Gasteiger partial charge in [-0.3, -0.25) is 19.3 Å². The number of ketones is 1. The molecule has 0 spiro atoms. The Labute approximate surface area is 163 Å². The molecule has 0 fully saturated rings. The van der Waals surface area contributed by atoms with Gasteiger partial charge in [0.25, 0.3) is 11.8 Å². The number of ether oxygens (including phenoxy) is 1. The van der Waals surface area contributed by atoms with Crippen molar-refractivity contribution in [1.82, 2.24) is 4.90 Å². The van der Waals surface area contributed by atoms with Crippen LogP contribution in [0.3, 0.4) is 0 Å². The Morgan fingerprint density at radius 3 is 2.18 bits per heavy atom. The largest absolute Gasteiger partial charge is 0.423 e. The number of rotatable bonds is 7. The Kier molecular flexibility index (Phi) is 5.68. The fraction of sp³-hybridized carbons (Fsp3) is 0.273. The number of Topliss-reactive ketones (excluding diaryl/α,β-unsaturated/α-hetero) is 1. The van der Waals surface area contributed by atoms with E-state index in [0.29, 0.717) is 29.8 Å². The molecule has 2 amide bonds. The molecule has 0 radical (unpaired) electrons. The molecule has 2 aromatic rings. The van der Waals surface area contributed by atoms with E-state index in [4.69, 9.17) is 4.74 Å². The van der Waals surface area contributed by atoms with Crippen molar-refractivity contribution in [3.05, 3.63) is 64.7 Å². The third-order valence-corrected chi connectivity index (χ3v) is 4.65. The first kappa shape index (κ1) is 19.5. The van der Waals surface area contributed by atoms with Gasteiger partial charge in [0.2, 0.25) is 0 Å². The van der Waals surface area contributed by atoms with Gasteiger partial charge < -0.3 is 4.74 Å². The van der Waals surface area contributed by atoms with E-state index < -0.39 is 5.97 Å². The summed E-state index contributed by atoms with van der Waals surface area (Å²) in [6.45, 7) is 4.13. The van der Waals surface area contributed by atoms with E-state index in [0.717, 1.165) is 12.8 Å². The molecule has 0 bridgehead atoms. The molecule has 0 saturated carbocycles. The van der Waals surface area contributed by atoms with Crippen LogP contribution in [0.5, 0.6) is 5.75 Å². The Bertz CT molecular complexity index is 946. The van der Waals surface area contributed by atoms with Crippen LogP contribution in [0, 0.1) is 0 Å². The molecule has 1 aliphatic heterocycles. The molecule has 0 atom stereocenters. The van der Waals surface area contributed by atoms with Gasteiger partial charge in [0.05, 0.1) is 16.7 Å². The highest BCUT2D eigenvalue weighted by atomic mass is 16.5. The Morgan fingerprint density at radius 2 is 1.54 bits per heavy atom. The lowest BCUT2D eigenvalue weighted by Gasteiger charge is -2.12. The molecule has 6 nitrogen and oxygen atoms in total. The average molecular weight is 379 g/mol. The fourth-order valence-corrected chi connectivity index (χ4v) is 3.02. The second-order valence-electron chi connectivity index (χ2n) is 6.57. The van der Waals surface area contributed by atoms with Gasteiger partial charge in [0.15, 0.2) is 5.78 Å². The summed E-state index contributed by atoms with van der Waals surface area (Å²) in [4.78, 5) is 50.2. The lowest BCUT2D eigenvalue weighted by Crippen LogP contribution is -2.30. The maximum atomic E-state index is 12.5. The minimum atomic E-state index is -0.635. The number of nitrogens with zero attached hydrogens (tertiary/aromatic N) is 1. The van der Waals surface area contributed by atoms with Gasteiger partial charge in [0, 0.05) is 18.5 Å². The van der Waals surface area contributed by atoms with Crippen molar-refractivity contribution < 1.29 is 23.9 Å². The van der Waals surface area contributed by atoms with E-state index in [1.165, 1.54) is 23.1 Å². The zero-order valence-electron chi connectivity index (χ0n) is 15.9. The van der Waals surface area contributed by atoms with Gasteiger partial charge in [-0.1, -0.05) is 20.3 Å². The summed E-state index contributed by atoms with van der Waals surface area (Å²) >= 11 is 0. The van der Waals surface area contributed by atoms with Gasteiger partial charge in [-0.15, -0.1) is 0 Å². The van der Waals surface area contributed by atoms with E-state index in [9.17, 15) is 19.2 Å². The summed E-state index contributed by atoms with van der Waals surface area (Å²) in [5.74, 6) is -1.04.